The smallest absolute Gasteiger partial charge is 0.334 e. The lowest BCUT2D eigenvalue weighted by molar-refractivity contribution is -0.139. The molecule has 2 aromatic rings. The first-order valence-corrected chi connectivity index (χ1v) is 6.13. The summed E-state index contributed by atoms with van der Waals surface area (Å²) in [6.45, 7) is 3.87. The molecule has 0 aliphatic carbocycles. The summed E-state index contributed by atoms with van der Waals surface area (Å²) in [6, 6.07) is 15.4. The summed E-state index contributed by atoms with van der Waals surface area (Å²) in [5.74, 6) is -0.506. The summed E-state index contributed by atoms with van der Waals surface area (Å²) in [4.78, 5) is 16.1. The van der Waals surface area contributed by atoms with Gasteiger partial charge >= 0.3 is 5.97 Å². The average molecular weight is 251 g/mol. The number of hydrogen-bond donors (Lipinski definition) is 0. The molecule has 0 unspecified atom stereocenters. The Labute approximate surface area is 111 Å². The fraction of sp³-hybridized carbons (Fsp3) is 0.125. The number of carbonyl (C=O) groups excluding carboxylic acids is 1. The number of ether oxygens (including phenoxy) is 1. The van der Waals surface area contributed by atoms with Crippen molar-refractivity contribution in [1.82, 2.24) is 4.98 Å². The van der Waals surface area contributed by atoms with Crippen LogP contribution in [0.15, 0.2) is 66.9 Å². The van der Waals surface area contributed by atoms with Gasteiger partial charge in [-0.25, -0.2) is 4.79 Å². The van der Waals surface area contributed by atoms with Gasteiger partial charge in [-0.1, -0.05) is 43.0 Å². The number of cyclic esters (lactones) is 1. The maximum Gasteiger partial charge on any atom is 0.334 e. The van der Waals surface area contributed by atoms with Gasteiger partial charge in [0.1, 0.15) is 0 Å². The third kappa shape index (κ3) is 2.03. The topological polar surface area (TPSA) is 39.2 Å². The van der Waals surface area contributed by atoms with Gasteiger partial charge in [0.25, 0.3) is 0 Å². The predicted octanol–water partition coefficient (Wildman–Crippen LogP) is 3.02. The van der Waals surface area contributed by atoms with Crippen molar-refractivity contribution in [2.75, 3.05) is 0 Å². The van der Waals surface area contributed by atoms with E-state index < -0.39 is 0 Å². The number of rotatable bonds is 2. The molecule has 0 bridgehead atoms. The molecule has 2 heterocycles. The summed E-state index contributed by atoms with van der Waals surface area (Å²) >= 11 is 0. The number of aromatic nitrogens is 1. The van der Waals surface area contributed by atoms with Crippen LogP contribution in [-0.2, 0) is 9.53 Å². The van der Waals surface area contributed by atoms with Gasteiger partial charge in [0.05, 0.1) is 11.6 Å². The van der Waals surface area contributed by atoms with Crippen molar-refractivity contribution in [3.8, 4) is 0 Å². The molecule has 3 rings (SSSR count). The highest BCUT2D eigenvalue weighted by atomic mass is 16.6. The molecule has 0 saturated carbocycles. The standard InChI is InChI=1S/C16H13NO2/c1-11-14(12-7-3-2-4-8-12)15(19-16(11)18)13-9-5-6-10-17-13/h2-10,14-15H,1H2/t14-,15+/m0/s1. The molecule has 3 heteroatoms. The highest BCUT2D eigenvalue weighted by molar-refractivity contribution is 5.92. The number of pyridine rings is 1. The van der Waals surface area contributed by atoms with E-state index in [4.69, 9.17) is 4.74 Å². The SMILES string of the molecule is C=C1C(=O)O[C@H](c2ccccn2)[C@@H]1c1ccccc1. The third-order valence-corrected chi connectivity index (χ3v) is 3.31. The first-order chi connectivity index (χ1) is 9.27. The molecule has 1 aromatic carbocycles. The normalized spacial score (nSPS) is 22.3. The minimum absolute atomic E-state index is 0.163. The monoisotopic (exact) mass is 251 g/mol. The van der Waals surface area contributed by atoms with Gasteiger partial charge in [-0.15, -0.1) is 0 Å². The molecular formula is C16H13NO2. The summed E-state index contributed by atoms with van der Waals surface area (Å²) in [5, 5.41) is 0. The molecular weight excluding hydrogens is 238 g/mol. The highest BCUT2D eigenvalue weighted by Crippen LogP contribution is 2.44. The number of nitrogens with zero attached hydrogens (tertiary/aromatic N) is 1. The van der Waals surface area contributed by atoms with E-state index in [1.807, 2.05) is 48.5 Å². The Kier molecular flexibility index (Phi) is 2.88. The molecule has 94 valence electrons. The van der Waals surface area contributed by atoms with E-state index >= 15 is 0 Å². The lowest BCUT2D eigenvalue weighted by atomic mass is 9.88. The summed E-state index contributed by atoms with van der Waals surface area (Å²) < 4.78 is 5.43. The minimum Gasteiger partial charge on any atom is -0.451 e. The van der Waals surface area contributed by atoms with Gasteiger partial charge in [-0.2, -0.15) is 0 Å². The zero-order chi connectivity index (χ0) is 13.2. The molecule has 1 aromatic heterocycles. The van der Waals surface area contributed by atoms with E-state index in [1.54, 1.807) is 6.20 Å². The zero-order valence-electron chi connectivity index (χ0n) is 10.3. The first-order valence-electron chi connectivity index (χ1n) is 6.13. The zero-order valence-corrected chi connectivity index (χ0v) is 10.3. The summed E-state index contributed by atoms with van der Waals surface area (Å²) in [6.07, 6.45) is 1.32. The van der Waals surface area contributed by atoms with Crippen LogP contribution in [0.4, 0.5) is 0 Å². The minimum atomic E-state index is -0.386. The van der Waals surface area contributed by atoms with Crippen molar-refractivity contribution in [3.63, 3.8) is 0 Å². The second kappa shape index (κ2) is 4.69. The molecule has 1 saturated heterocycles. The van der Waals surface area contributed by atoms with Crippen molar-refractivity contribution in [2.24, 2.45) is 0 Å². The van der Waals surface area contributed by atoms with Crippen LogP contribution in [0.2, 0.25) is 0 Å². The van der Waals surface area contributed by atoms with E-state index in [0.29, 0.717) is 5.57 Å². The van der Waals surface area contributed by atoms with E-state index in [2.05, 4.69) is 11.6 Å². The second-order valence-electron chi connectivity index (χ2n) is 4.49. The molecule has 1 aliphatic heterocycles. The largest absolute Gasteiger partial charge is 0.451 e. The third-order valence-electron chi connectivity index (χ3n) is 3.31. The van der Waals surface area contributed by atoms with Crippen LogP contribution in [0.25, 0.3) is 0 Å². The molecule has 1 aliphatic rings. The molecule has 0 N–H and O–H groups in total. The fourth-order valence-electron chi connectivity index (χ4n) is 2.38. The molecule has 19 heavy (non-hydrogen) atoms. The Bertz CT molecular complexity index is 607. The maximum atomic E-state index is 11.8. The number of carbonyl (C=O) groups is 1. The number of esters is 1. The van der Waals surface area contributed by atoms with Crippen molar-refractivity contribution in [2.45, 2.75) is 12.0 Å². The van der Waals surface area contributed by atoms with Crippen LogP contribution in [0.3, 0.4) is 0 Å². The van der Waals surface area contributed by atoms with E-state index in [1.165, 1.54) is 0 Å². The van der Waals surface area contributed by atoms with Gasteiger partial charge in [0, 0.05) is 11.8 Å². The Morgan fingerprint density at radius 1 is 1.05 bits per heavy atom. The average Bonchev–Trinajstić information content (AvgIpc) is 2.77. The lowest BCUT2D eigenvalue weighted by Crippen LogP contribution is -2.08. The van der Waals surface area contributed by atoms with Gasteiger partial charge < -0.3 is 4.74 Å². The fourth-order valence-corrected chi connectivity index (χ4v) is 2.38. The van der Waals surface area contributed by atoms with Crippen molar-refractivity contribution < 1.29 is 9.53 Å². The molecule has 3 nitrogen and oxygen atoms in total. The predicted molar refractivity (Wildman–Crippen MR) is 71.4 cm³/mol. The van der Waals surface area contributed by atoms with Crippen LogP contribution in [0, 0.1) is 0 Å². The number of benzene rings is 1. The van der Waals surface area contributed by atoms with Crippen molar-refractivity contribution >= 4 is 5.97 Å². The van der Waals surface area contributed by atoms with Crippen molar-refractivity contribution in [3.05, 3.63) is 78.1 Å². The van der Waals surface area contributed by atoms with Crippen LogP contribution < -0.4 is 0 Å². The van der Waals surface area contributed by atoms with Gasteiger partial charge in [-0.3, -0.25) is 4.98 Å². The van der Waals surface area contributed by atoms with E-state index in [9.17, 15) is 4.79 Å². The lowest BCUT2D eigenvalue weighted by Gasteiger charge is -2.17. The maximum absolute atomic E-state index is 11.8. The van der Waals surface area contributed by atoms with Crippen LogP contribution in [-0.4, -0.2) is 11.0 Å². The van der Waals surface area contributed by atoms with E-state index in [0.717, 1.165) is 11.3 Å². The van der Waals surface area contributed by atoms with E-state index in [-0.39, 0.29) is 18.0 Å². The van der Waals surface area contributed by atoms with Crippen molar-refractivity contribution in [1.29, 1.82) is 0 Å². The van der Waals surface area contributed by atoms with Crippen LogP contribution in [0.5, 0.6) is 0 Å². The summed E-state index contributed by atoms with van der Waals surface area (Å²) in [5.41, 5.74) is 2.26. The van der Waals surface area contributed by atoms with Crippen LogP contribution in [0.1, 0.15) is 23.3 Å². The molecule has 1 fully saturated rings. The molecule has 2 atom stereocenters. The Morgan fingerprint density at radius 3 is 2.47 bits per heavy atom. The van der Waals surface area contributed by atoms with Gasteiger partial charge in [0.15, 0.2) is 6.10 Å². The quantitative estimate of drug-likeness (QED) is 0.608. The molecule has 0 radical (unpaired) electrons. The molecule has 0 amide bonds. The van der Waals surface area contributed by atoms with Gasteiger partial charge in [0.2, 0.25) is 0 Å². The Morgan fingerprint density at radius 2 is 1.79 bits per heavy atom. The Balaban J connectivity index is 2.04. The van der Waals surface area contributed by atoms with Crippen LogP contribution >= 0.6 is 0 Å². The van der Waals surface area contributed by atoms with Gasteiger partial charge in [-0.05, 0) is 17.7 Å². The first kappa shape index (κ1) is 11.7. The Hall–Kier alpha value is -2.42. The second-order valence-corrected chi connectivity index (χ2v) is 4.49. The summed E-state index contributed by atoms with van der Waals surface area (Å²) in [7, 11) is 0. The molecule has 0 spiro atoms. The highest BCUT2D eigenvalue weighted by Gasteiger charge is 2.41. The number of hydrogen-bond acceptors (Lipinski definition) is 3.